The Morgan fingerprint density at radius 2 is 2.00 bits per heavy atom. The minimum atomic E-state index is -0.427. The van der Waals surface area contributed by atoms with E-state index in [1.807, 2.05) is 30.3 Å². The van der Waals surface area contributed by atoms with E-state index in [-0.39, 0.29) is 6.61 Å². The van der Waals surface area contributed by atoms with Gasteiger partial charge in [0, 0.05) is 10.6 Å². The standard InChI is InChI=1S/C15H15NO3S/c1-19-15(18)14-4-2-3-12(16-14)10-20-13-7-5-11(9-17)6-8-13/h2-8,17H,9-10H2,1H3. The summed E-state index contributed by atoms with van der Waals surface area (Å²) in [6.45, 7) is 0.0493. The van der Waals surface area contributed by atoms with Crippen molar-refractivity contribution in [3.05, 3.63) is 59.4 Å². The van der Waals surface area contributed by atoms with E-state index in [0.717, 1.165) is 16.2 Å². The Morgan fingerprint density at radius 1 is 1.25 bits per heavy atom. The minimum absolute atomic E-state index is 0.0493. The summed E-state index contributed by atoms with van der Waals surface area (Å²) in [7, 11) is 1.34. The van der Waals surface area contributed by atoms with Gasteiger partial charge in [-0.15, -0.1) is 11.8 Å². The third-order valence-electron chi connectivity index (χ3n) is 2.69. The van der Waals surface area contributed by atoms with Crippen LogP contribution in [0.1, 0.15) is 21.7 Å². The minimum Gasteiger partial charge on any atom is -0.464 e. The van der Waals surface area contributed by atoms with Crippen molar-refractivity contribution in [3.63, 3.8) is 0 Å². The summed E-state index contributed by atoms with van der Waals surface area (Å²) in [4.78, 5) is 16.7. The van der Waals surface area contributed by atoms with Gasteiger partial charge in [0.2, 0.25) is 0 Å². The SMILES string of the molecule is COC(=O)c1cccc(CSc2ccc(CO)cc2)n1. The van der Waals surface area contributed by atoms with Crippen LogP contribution in [0.4, 0.5) is 0 Å². The number of carbonyl (C=O) groups excluding carboxylic acids is 1. The fourth-order valence-electron chi connectivity index (χ4n) is 1.63. The van der Waals surface area contributed by atoms with Crippen molar-refractivity contribution in [2.24, 2.45) is 0 Å². The van der Waals surface area contributed by atoms with Crippen molar-refractivity contribution in [1.29, 1.82) is 0 Å². The molecule has 0 radical (unpaired) electrons. The first kappa shape index (κ1) is 14.6. The third kappa shape index (κ3) is 3.82. The van der Waals surface area contributed by atoms with E-state index in [2.05, 4.69) is 9.72 Å². The highest BCUT2D eigenvalue weighted by molar-refractivity contribution is 7.98. The second kappa shape index (κ2) is 7.07. The zero-order valence-corrected chi connectivity index (χ0v) is 11.9. The van der Waals surface area contributed by atoms with E-state index in [0.29, 0.717) is 11.4 Å². The number of hydrogen-bond donors (Lipinski definition) is 1. The molecule has 0 unspecified atom stereocenters. The smallest absolute Gasteiger partial charge is 0.356 e. The molecular weight excluding hydrogens is 274 g/mol. The molecule has 0 aliphatic heterocycles. The number of aliphatic hydroxyl groups excluding tert-OH is 1. The Kier molecular flexibility index (Phi) is 5.15. The van der Waals surface area contributed by atoms with Gasteiger partial charge in [0.05, 0.1) is 19.4 Å². The van der Waals surface area contributed by atoms with Crippen LogP contribution < -0.4 is 0 Å². The molecule has 20 heavy (non-hydrogen) atoms. The summed E-state index contributed by atoms with van der Waals surface area (Å²) < 4.78 is 4.65. The van der Waals surface area contributed by atoms with E-state index < -0.39 is 5.97 Å². The number of pyridine rings is 1. The summed E-state index contributed by atoms with van der Waals surface area (Å²) in [5, 5.41) is 8.98. The van der Waals surface area contributed by atoms with Crippen molar-refractivity contribution in [2.75, 3.05) is 7.11 Å². The lowest BCUT2D eigenvalue weighted by atomic mass is 10.2. The number of aromatic nitrogens is 1. The molecule has 0 bridgehead atoms. The number of nitrogens with zero attached hydrogens (tertiary/aromatic N) is 1. The van der Waals surface area contributed by atoms with Crippen LogP contribution >= 0.6 is 11.8 Å². The second-order valence-corrected chi connectivity index (χ2v) is 5.15. The van der Waals surface area contributed by atoms with Gasteiger partial charge in [-0.25, -0.2) is 9.78 Å². The molecule has 0 saturated carbocycles. The number of thioether (sulfide) groups is 1. The Bertz CT molecular complexity index is 584. The zero-order valence-electron chi connectivity index (χ0n) is 11.1. The number of benzene rings is 1. The average Bonchev–Trinajstić information content (AvgIpc) is 2.53. The molecule has 0 aliphatic rings. The molecule has 1 N–H and O–H groups in total. The summed E-state index contributed by atoms with van der Waals surface area (Å²) >= 11 is 1.62. The number of esters is 1. The molecule has 0 aliphatic carbocycles. The van der Waals surface area contributed by atoms with Gasteiger partial charge in [-0.2, -0.15) is 0 Å². The monoisotopic (exact) mass is 289 g/mol. The maximum atomic E-state index is 11.4. The summed E-state index contributed by atoms with van der Waals surface area (Å²) in [6.07, 6.45) is 0. The third-order valence-corrected chi connectivity index (χ3v) is 3.74. The first-order chi connectivity index (χ1) is 9.72. The lowest BCUT2D eigenvalue weighted by Gasteiger charge is -2.04. The number of rotatable bonds is 5. The Hall–Kier alpha value is -1.85. The predicted molar refractivity (Wildman–Crippen MR) is 77.5 cm³/mol. The number of carbonyl (C=O) groups is 1. The van der Waals surface area contributed by atoms with Crippen molar-refractivity contribution in [2.45, 2.75) is 17.3 Å². The summed E-state index contributed by atoms with van der Waals surface area (Å²) in [6, 6.07) is 13.0. The molecule has 2 rings (SSSR count). The average molecular weight is 289 g/mol. The van der Waals surface area contributed by atoms with Gasteiger partial charge in [0.25, 0.3) is 0 Å². The lowest BCUT2D eigenvalue weighted by Crippen LogP contribution is -2.05. The van der Waals surface area contributed by atoms with Crippen molar-refractivity contribution in [3.8, 4) is 0 Å². The van der Waals surface area contributed by atoms with Crippen molar-refractivity contribution < 1.29 is 14.6 Å². The van der Waals surface area contributed by atoms with Crippen molar-refractivity contribution in [1.82, 2.24) is 4.98 Å². The zero-order chi connectivity index (χ0) is 14.4. The molecule has 2 aromatic rings. The Balaban J connectivity index is 2.01. The van der Waals surface area contributed by atoms with Crippen LogP contribution in [-0.4, -0.2) is 23.2 Å². The van der Waals surface area contributed by atoms with E-state index >= 15 is 0 Å². The molecule has 0 fully saturated rings. The van der Waals surface area contributed by atoms with Crippen LogP contribution in [0, 0.1) is 0 Å². The van der Waals surface area contributed by atoms with Gasteiger partial charge in [-0.3, -0.25) is 0 Å². The van der Waals surface area contributed by atoms with Gasteiger partial charge < -0.3 is 9.84 Å². The fourth-order valence-corrected chi connectivity index (χ4v) is 2.43. The first-order valence-electron chi connectivity index (χ1n) is 6.10. The highest BCUT2D eigenvalue weighted by Crippen LogP contribution is 2.22. The van der Waals surface area contributed by atoms with Gasteiger partial charge in [0.1, 0.15) is 5.69 Å². The fraction of sp³-hybridized carbons (Fsp3) is 0.200. The van der Waals surface area contributed by atoms with Crippen LogP contribution in [0.5, 0.6) is 0 Å². The van der Waals surface area contributed by atoms with Crippen LogP contribution in [-0.2, 0) is 17.1 Å². The molecule has 5 heteroatoms. The molecule has 0 spiro atoms. The van der Waals surface area contributed by atoms with Gasteiger partial charge in [-0.1, -0.05) is 18.2 Å². The quantitative estimate of drug-likeness (QED) is 0.677. The topological polar surface area (TPSA) is 59.4 Å². The highest BCUT2D eigenvalue weighted by Gasteiger charge is 2.07. The number of ether oxygens (including phenoxy) is 1. The number of methoxy groups -OCH3 is 1. The molecule has 0 atom stereocenters. The van der Waals surface area contributed by atoms with E-state index in [1.54, 1.807) is 23.9 Å². The van der Waals surface area contributed by atoms with E-state index in [9.17, 15) is 4.79 Å². The number of aliphatic hydroxyl groups is 1. The molecule has 1 aromatic heterocycles. The molecule has 1 heterocycles. The lowest BCUT2D eigenvalue weighted by molar-refractivity contribution is 0.0594. The second-order valence-electron chi connectivity index (χ2n) is 4.10. The van der Waals surface area contributed by atoms with Gasteiger partial charge in [-0.05, 0) is 29.8 Å². The first-order valence-corrected chi connectivity index (χ1v) is 7.08. The van der Waals surface area contributed by atoms with Crippen LogP contribution in [0.2, 0.25) is 0 Å². The molecule has 1 aromatic carbocycles. The molecule has 4 nitrogen and oxygen atoms in total. The highest BCUT2D eigenvalue weighted by atomic mass is 32.2. The van der Waals surface area contributed by atoms with Crippen molar-refractivity contribution >= 4 is 17.7 Å². The Morgan fingerprint density at radius 3 is 2.65 bits per heavy atom. The summed E-state index contributed by atoms with van der Waals surface area (Å²) in [5.41, 5.74) is 2.03. The molecular formula is C15H15NO3S. The van der Waals surface area contributed by atoms with Gasteiger partial charge in [0.15, 0.2) is 0 Å². The van der Waals surface area contributed by atoms with E-state index in [1.165, 1.54) is 7.11 Å². The maximum Gasteiger partial charge on any atom is 0.356 e. The molecule has 0 amide bonds. The van der Waals surface area contributed by atoms with Crippen LogP contribution in [0.15, 0.2) is 47.4 Å². The van der Waals surface area contributed by atoms with E-state index in [4.69, 9.17) is 5.11 Å². The molecule has 0 saturated heterocycles. The van der Waals surface area contributed by atoms with Crippen LogP contribution in [0.25, 0.3) is 0 Å². The largest absolute Gasteiger partial charge is 0.464 e. The van der Waals surface area contributed by atoms with Gasteiger partial charge >= 0.3 is 5.97 Å². The number of hydrogen-bond acceptors (Lipinski definition) is 5. The molecule has 104 valence electrons. The predicted octanol–water partition coefficient (Wildman–Crippen LogP) is 2.65. The van der Waals surface area contributed by atoms with Crippen LogP contribution in [0.3, 0.4) is 0 Å². The maximum absolute atomic E-state index is 11.4. The normalized spacial score (nSPS) is 10.3. The summed E-state index contributed by atoms with van der Waals surface area (Å²) in [5.74, 6) is 0.243. The Labute approximate surface area is 121 Å².